The fourth-order valence-electron chi connectivity index (χ4n) is 3.99. The summed E-state index contributed by atoms with van der Waals surface area (Å²) in [6.45, 7) is 4.48. The standard InChI is InChI=1S/C26H26N2O4/c1-26(2)15-22-20(23(29)16-26)14-21(25(31)28-22)24(30)27-18-9-6-10-19(13-18)32-12-11-17-7-4-3-5-8-17/h3-10,13-14H,11-12,15-16H2,1-2H3,(H,27,30)(H,28,31). The van der Waals surface area contributed by atoms with Gasteiger partial charge in [-0.2, -0.15) is 0 Å². The SMILES string of the molecule is CC1(C)CC(=O)c2cc(C(=O)Nc3cccc(OCCc4ccccc4)c3)c(=O)[nH]c2C1. The van der Waals surface area contributed by atoms with Crippen LogP contribution in [0.4, 0.5) is 5.69 Å². The van der Waals surface area contributed by atoms with Crippen LogP contribution in [0.5, 0.6) is 5.75 Å². The number of fused-ring (bicyclic) bond motifs is 1. The fourth-order valence-corrected chi connectivity index (χ4v) is 3.99. The lowest BCUT2D eigenvalue weighted by molar-refractivity contribution is 0.0910. The zero-order chi connectivity index (χ0) is 22.7. The van der Waals surface area contributed by atoms with Gasteiger partial charge in [0.15, 0.2) is 5.78 Å². The van der Waals surface area contributed by atoms with E-state index < -0.39 is 11.5 Å². The number of carbonyl (C=O) groups is 2. The molecule has 1 aliphatic rings. The van der Waals surface area contributed by atoms with Gasteiger partial charge < -0.3 is 15.0 Å². The van der Waals surface area contributed by atoms with Crippen LogP contribution in [-0.2, 0) is 12.8 Å². The summed E-state index contributed by atoms with van der Waals surface area (Å²) in [6.07, 6.45) is 1.75. The number of benzene rings is 2. The Morgan fingerprint density at radius 2 is 1.81 bits per heavy atom. The normalized spacial score (nSPS) is 14.5. The minimum Gasteiger partial charge on any atom is -0.493 e. The molecule has 1 aromatic heterocycles. The van der Waals surface area contributed by atoms with Gasteiger partial charge in [-0.25, -0.2) is 0 Å². The van der Waals surface area contributed by atoms with Crippen molar-refractivity contribution in [3.63, 3.8) is 0 Å². The highest BCUT2D eigenvalue weighted by Crippen LogP contribution is 2.33. The van der Waals surface area contributed by atoms with E-state index in [2.05, 4.69) is 10.3 Å². The molecule has 4 rings (SSSR count). The van der Waals surface area contributed by atoms with E-state index in [0.29, 0.717) is 42.1 Å². The van der Waals surface area contributed by atoms with Gasteiger partial charge in [0.1, 0.15) is 11.3 Å². The van der Waals surface area contributed by atoms with Crippen LogP contribution in [0, 0.1) is 5.41 Å². The minimum atomic E-state index is -0.562. The number of H-pyrrole nitrogens is 1. The Morgan fingerprint density at radius 3 is 2.59 bits per heavy atom. The minimum absolute atomic E-state index is 0.0598. The number of ketones is 1. The maximum atomic E-state index is 12.8. The van der Waals surface area contributed by atoms with Crippen LogP contribution < -0.4 is 15.6 Å². The van der Waals surface area contributed by atoms with Crippen molar-refractivity contribution in [3.05, 3.63) is 93.4 Å². The molecule has 0 aliphatic heterocycles. The Labute approximate surface area is 186 Å². The second-order valence-corrected chi connectivity index (χ2v) is 8.91. The number of carbonyl (C=O) groups excluding carboxylic acids is 2. The molecule has 2 aromatic carbocycles. The summed E-state index contributed by atoms with van der Waals surface area (Å²) in [5.74, 6) is -0.000951. The number of pyridine rings is 1. The van der Waals surface area contributed by atoms with Gasteiger partial charge in [0, 0.05) is 35.9 Å². The van der Waals surface area contributed by atoms with Crippen LogP contribution >= 0.6 is 0 Å². The second-order valence-electron chi connectivity index (χ2n) is 8.91. The molecule has 32 heavy (non-hydrogen) atoms. The molecule has 0 saturated carbocycles. The summed E-state index contributed by atoms with van der Waals surface area (Å²) in [4.78, 5) is 40.6. The van der Waals surface area contributed by atoms with Crippen molar-refractivity contribution in [1.82, 2.24) is 4.98 Å². The van der Waals surface area contributed by atoms with Crippen molar-refractivity contribution in [2.75, 3.05) is 11.9 Å². The number of anilines is 1. The van der Waals surface area contributed by atoms with Crippen molar-refractivity contribution in [3.8, 4) is 5.75 Å². The number of nitrogens with one attached hydrogen (secondary N) is 2. The monoisotopic (exact) mass is 430 g/mol. The maximum Gasteiger partial charge on any atom is 0.261 e. The van der Waals surface area contributed by atoms with Crippen LogP contribution in [-0.4, -0.2) is 23.3 Å². The first-order valence-corrected chi connectivity index (χ1v) is 10.7. The van der Waals surface area contributed by atoms with E-state index in [1.807, 2.05) is 50.2 Å². The number of aromatic nitrogens is 1. The summed E-state index contributed by atoms with van der Waals surface area (Å²) in [6, 6.07) is 18.5. The van der Waals surface area contributed by atoms with E-state index in [9.17, 15) is 14.4 Å². The largest absolute Gasteiger partial charge is 0.493 e. The van der Waals surface area contributed by atoms with E-state index >= 15 is 0 Å². The number of Topliss-reactive ketones (excluding diaryl/α,β-unsaturated/α-hetero) is 1. The lowest BCUT2D eigenvalue weighted by Crippen LogP contribution is -2.32. The molecule has 0 saturated heterocycles. The first-order valence-electron chi connectivity index (χ1n) is 10.7. The van der Waals surface area contributed by atoms with Gasteiger partial charge in [-0.3, -0.25) is 14.4 Å². The van der Waals surface area contributed by atoms with Gasteiger partial charge in [-0.1, -0.05) is 50.2 Å². The molecule has 1 aliphatic carbocycles. The molecule has 0 radical (unpaired) electrons. The first-order chi connectivity index (χ1) is 15.3. The van der Waals surface area contributed by atoms with Gasteiger partial charge in [0.25, 0.3) is 11.5 Å². The van der Waals surface area contributed by atoms with Gasteiger partial charge in [-0.05, 0) is 35.6 Å². The molecule has 0 bridgehead atoms. The van der Waals surface area contributed by atoms with E-state index in [1.54, 1.807) is 18.2 Å². The fraction of sp³-hybridized carbons (Fsp3) is 0.269. The number of aromatic amines is 1. The van der Waals surface area contributed by atoms with Crippen LogP contribution in [0.2, 0.25) is 0 Å². The molecular weight excluding hydrogens is 404 g/mol. The summed E-state index contributed by atoms with van der Waals surface area (Å²) < 4.78 is 5.81. The highest BCUT2D eigenvalue weighted by Gasteiger charge is 2.32. The molecule has 0 spiro atoms. The van der Waals surface area contributed by atoms with Crippen molar-refractivity contribution in [2.24, 2.45) is 5.41 Å². The van der Waals surface area contributed by atoms with E-state index in [1.165, 1.54) is 11.6 Å². The number of hydrogen-bond donors (Lipinski definition) is 2. The molecule has 0 fully saturated rings. The molecular formula is C26H26N2O4. The molecule has 1 amide bonds. The van der Waals surface area contributed by atoms with Gasteiger partial charge >= 0.3 is 0 Å². The molecule has 6 heteroatoms. The Balaban J connectivity index is 1.45. The molecule has 164 valence electrons. The Hall–Kier alpha value is -3.67. The summed E-state index contributed by atoms with van der Waals surface area (Å²) in [5, 5.41) is 2.74. The van der Waals surface area contributed by atoms with Crippen LogP contribution in [0.3, 0.4) is 0 Å². The molecule has 1 heterocycles. The van der Waals surface area contributed by atoms with Crippen LogP contribution in [0.15, 0.2) is 65.5 Å². The second kappa shape index (κ2) is 8.83. The van der Waals surface area contributed by atoms with Gasteiger partial charge in [0.05, 0.1) is 6.61 Å². The van der Waals surface area contributed by atoms with Gasteiger partial charge in [0.2, 0.25) is 0 Å². The number of rotatable bonds is 6. The molecule has 6 nitrogen and oxygen atoms in total. The topological polar surface area (TPSA) is 88.3 Å². The van der Waals surface area contributed by atoms with Crippen molar-refractivity contribution < 1.29 is 14.3 Å². The van der Waals surface area contributed by atoms with Crippen molar-refractivity contribution in [2.45, 2.75) is 33.1 Å². The van der Waals surface area contributed by atoms with Crippen molar-refractivity contribution in [1.29, 1.82) is 0 Å². The van der Waals surface area contributed by atoms with Crippen LogP contribution in [0.25, 0.3) is 0 Å². The third-order valence-electron chi connectivity index (χ3n) is 5.56. The van der Waals surface area contributed by atoms with Gasteiger partial charge in [-0.15, -0.1) is 0 Å². The van der Waals surface area contributed by atoms with E-state index in [0.717, 1.165) is 6.42 Å². The predicted octanol–water partition coefficient (Wildman–Crippen LogP) is 4.40. The molecule has 0 unspecified atom stereocenters. The molecule has 3 aromatic rings. The Morgan fingerprint density at radius 1 is 1.03 bits per heavy atom. The smallest absolute Gasteiger partial charge is 0.261 e. The third kappa shape index (κ3) is 4.97. The first kappa shape index (κ1) is 21.6. The maximum absolute atomic E-state index is 12.8. The summed E-state index contributed by atoms with van der Waals surface area (Å²) >= 11 is 0. The average Bonchev–Trinajstić information content (AvgIpc) is 2.73. The summed E-state index contributed by atoms with van der Waals surface area (Å²) in [5.41, 5.74) is 1.93. The quantitative estimate of drug-likeness (QED) is 0.607. The van der Waals surface area contributed by atoms with E-state index in [-0.39, 0.29) is 16.8 Å². The zero-order valence-corrected chi connectivity index (χ0v) is 18.2. The predicted molar refractivity (Wildman–Crippen MR) is 124 cm³/mol. The molecule has 0 atom stereocenters. The molecule has 2 N–H and O–H groups in total. The highest BCUT2D eigenvalue weighted by atomic mass is 16.5. The average molecular weight is 431 g/mol. The van der Waals surface area contributed by atoms with Crippen LogP contribution in [0.1, 0.15) is 52.2 Å². The lowest BCUT2D eigenvalue weighted by Gasteiger charge is -2.29. The Bertz CT molecular complexity index is 1210. The van der Waals surface area contributed by atoms with E-state index in [4.69, 9.17) is 4.74 Å². The zero-order valence-electron chi connectivity index (χ0n) is 18.2. The number of hydrogen-bond acceptors (Lipinski definition) is 4. The highest BCUT2D eigenvalue weighted by molar-refractivity contribution is 6.06. The lowest BCUT2D eigenvalue weighted by atomic mass is 9.75. The summed E-state index contributed by atoms with van der Waals surface area (Å²) in [7, 11) is 0. The Kier molecular flexibility index (Phi) is 5.95. The number of amides is 1. The third-order valence-corrected chi connectivity index (χ3v) is 5.56. The number of ether oxygens (including phenoxy) is 1. The van der Waals surface area contributed by atoms with Crippen molar-refractivity contribution >= 4 is 17.4 Å².